The summed E-state index contributed by atoms with van der Waals surface area (Å²) >= 11 is 0. The Balaban J connectivity index is 1.15. The smallest absolute Gasteiger partial charge is 0.276 e. The number of fused-ring (bicyclic) bond motifs is 4. The molecule has 6 rings (SSSR count). The molecule has 0 atom stereocenters. The van der Waals surface area contributed by atoms with Crippen LogP contribution in [0.5, 0.6) is 11.5 Å². The first-order valence-corrected chi connectivity index (χ1v) is 11.0. The second kappa shape index (κ2) is 7.93. The molecule has 0 saturated carbocycles. The number of amides is 1. The first kappa shape index (κ1) is 19.8. The molecule has 1 saturated heterocycles. The number of nitrogens with zero attached hydrogens (tertiary/aromatic N) is 5. The molecular weight excluding hydrogens is 422 g/mol. The summed E-state index contributed by atoms with van der Waals surface area (Å²) < 4.78 is 14.2. The van der Waals surface area contributed by atoms with Gasteiger partial charge >= 0.3 is 0 Å². The maximum Gasteiger partial charge on any atom is 0.276 e. The number of benzene rings is 1. The van der Waals surface area contributed by atoms with E-state index in [4.69, 9.17) is 9.47 Å². The molecule has 33 heavy (non-hydrogen) atoms. The Morgan fingerprint density at radius 2 is 1.79 bits per heavy atom. The van der Waals surface area contributed by atoms with E-state index in [2.05, 4.69) is 9.88 Å². The Morgan fingerprint density at radius 1 is 0.970 bits per heavy atom. The van der Waals surface area contributed by atoms with Crippen LogP contribution in [0.2, 0.25) is 0 Å². The zero-order valence-corrected chi connectivity index (χ0v) is 18.0. The minimum atomic E-state index is -0.207. The van der Waals surface area contributed by atoms with Crippen LogP contribution in [0.1, 0.15) is 5.56 Å². The Kier molecular flexibility index (Phi) is 4.76. The van der Waals surface area contributed by atoms with E-state index < -0.39 is 0 Å². The number of hydrogen-bond donors (Lipinski definition) is 0. The van der Waals surface area contributed by atoms with Crippen LogP contribution in [0.4, 0.5) is 0 Å². The molecule has 4 aromatic rings. The van der Waals surface area contributed by atoms with Crippen molar-refractivity contribution in [2.45, 2.75) is 13.1 Å². The van der Waals surface area contributed by atoms with Gasteiger partial charge in [0.05, 0.1) is 5.52 Å². The van der Waals surface area contributed by atoms with E-state index in [9.17, 15) is 9.59 Å². The molecule has 2 aliphatic rings. The number of carbonyl (C=O) groups excluding carboxylic acids is 1. The highest BCUT2D eigenvalue weighted by atomic mass is 16.7. The molecule has 0 bridgehead atoms. The average Bonchev–Trinajstić information content (AvgIpc) is 3.52. The Labute approximate surface area is 189 Å². The average molecular weight is 445 g/mol. The van der Waals surface area contributed by atoms with E-state index in [0.717, 1.165) is 42.2 Å². The van der Waals surface area contributed by atoms with E-state index >= 15 is 0 Å². The lowest BCUT2D eigenvalue weighted by molar-refractivity contribution is -0.133. The molecule has 168 valence electrons. The molecule has 0 spiro atoms. The number of hydrogen-bond acceptors (Lipinski definition) is 6. The van der Waals surface area contributed by atoms with Crippen molar-refractivity contribution in [3.05, 3.63) is 70.8 Å². The summed E-state index contributed by atoms with van der Waals surface area (Å²) in [6, 6.07) is 13.3. The Morgan fingerprint density at radius 3 is 2.67 bits per heavy atom. The molecule has 1 aromatic carbocycles. The molecule has 1 fully saturated rings. The number of rotatable bonds is 4. The molecule has 5 heterocycles. The van der Waals surface area contributed by atoms with E-state index in [1.807, 2.05) is 51.9 Å². The van der Waals surface area contributed by atoms with Gasteiger partial charge in [0.1, 0.15) is 12.1 Å². The van der Waals surface area contributed by atoms with Gasteiger partial charge in [0, 0.05) is 45.1 Å². The topological polar surface area (TPSA) is 81.3 Å². The third kappa shape index (κ3) is 3.50. The van der Waals surface area contributed by atoms with Gasteiger partial charge in [-0.05, 0) is 42.0 Å². The molecule has 9 nitrogen and oxygen atoms in total. The zero-order chi connectivity index (χ0) is 22.4. The predicted octanol–water partition coefficient (Wildman–Crippen LogP) is 1.72. The van der Waals surface area contributed by atoms with Gasteiger partial charge in [-0.3, -0.25) is 19.1 Å². The van der Waals surface area contributed by atoms with Crippen LogP contribution in [-0.4, -0.2) is 62.6 Å². The third-order valence-corrected chi connectivity index (χ3v) is 6.36. The molecule has 0 unspecified atom stereocenters. The van der Waals surface area contributed by atoms with Gasteiger partial charge in [-0.25, -0.2) is 4.98 Å². The van der Waals surface area contributed by atoms with E-state index in [1.165, 1.54) is 4.57 Å². The summed E-state index contributed by atoms with van der Waals surface area (Å²) in [7, 11) is 0. The number of ether oxygens (including phenoxy) is 2. The highest BCUT2D eigenvalue weighted by molar-refractivity contribution is 5.80. The van der Waals surface area contributed by atoms with Crippen molar-refractivity contribution in [2.75, 3.05) is 33.0 Å². The molecule has 0 radical (unpaired) electrons. The fourth-order valence-corrected chi connectivity index (χ4v) is 4.62. The summed E-state index contributed by atoms with van der Waals surface area (Å²) in [5.41, 5.74) is 2.81. The van der Waals surface area contributed by atoms with Gasteiger partial charge in [0.15, 0.2) is 17.1 Å². The molecular formula is C24H23N5O4. The monoisotopic (exact) mass is 445 g/mol. The van der Waals surface area contributed by atoms with Crippen molar-refractivity contribution >= 4 is 22.6 Å². The van der Waals surface area contributed by atoms with Crippen LogP contribution in [0.25, 0.3) is 16.7 Å². The number of piperazine rings is 1. The lowest BCUT2D eigenvalue weighted by Crippen LogP contribution is -2.49. The molecule has 3 aromatic heterocycles. The van der Waals surface area contributed by atoms with Crippen LogP contribution in [-0.2, 0) is 17.9 Å². The normalized spacial score (nSPS) is 16.1. The summed E-state index contributed by atoms with van der Waals surface area (Å²) in [5.74, 6) is 1.50. The fourth-order valence-electron chi connectivity index (χ4n) is 4.62. The van der Waals surface area contributed by atoms with E-state index in [0.29, 0.717) is 24.3 Å². The zero-order valence-electron chi connectivity index (χ0n) is 18.0. The third-order valence-electron chi connectivity index (χ3n) is 6.36. The van der Waals surface area contributed by atoms with E-state index in [-0.39, 0.29) is 24.8 Å². The first-order valence-electron chi connectivity index (χ1n) is 11.0. The quantitative estimate of drug-likeness (QED) is 0.476. The van der Waals surface area contributed by atoms with Crippen LogP contribution < -0.4 is 15.0 Å². The van der Waals surface area contributed by atoms with Crippen molar-refractivity contribution in [3.63, 3.8) is 0 Å². The number of carbonyl (C=O) groups is 1. The largest absolute Gasteiger partial charge is 0.454 e. The minimum absolute atomic E-state index is 0.0177. The van der Waals surface area contributed by atoms with Crippen LogP contribution >= 0.6 is 0 Å². The van der Waals surface area contributed by atoms with Crippen LogP contribution in [0, 0.1) is 0 Å². The standard InChI is InChI=1S/C24H23N5O4/c30-22(15-29-23-18(3-1-7-25-23)28-8-2-4-19(28)24(29)31)27-11-9-26(10-12-27)14-17-5-6-20-21(13-17)33-16-32-20/h1-8,13H,9-12,14-16H2. The Bertz CT molecular complexity index is 1420. The molecule has 9 heteroatoms. The maximum absolute atomic E-state index is 13.1. The van der Waals surface area contributed by atoms with Gasteiger partial charge in [0.25, 0.3) is 5.56 Å². The SMILES string of the molecule is O=C(Cn1c(=O)c2cccn2c2cccnc21)N1CCN(Cc2ccc3c(c2)OCO3)CC1. The molecule has 1 amide bonds. The lowest BCUT2D eigenvalue weighted by atomic mass is 10.1. The Hall–Kier alpha value is -3.85. The van der Waals surface area contributed by atoms with Crippen LogP contribution in [0.15, 0.2) is 59.7 Å². The summed E-state index contributed by atoms with van der Waals surface area (Å²) in [6.07, 6.45) is 3.49. The lowest BCUT2D eigenvalue weighted by Gasteiger charge is -2.35. The maximum atomic E-state index is 13.1. The summed E-state index contributed by atoms with van der Waals surface area (Å²) in [6.45, 7) is 3.82. The first-order chi connectivity index (χ1) is 16.2. The predicted molar refractivity (Wildman–Crippen MR) is 121 cm³/mol. The van der Waals surface area contributed by atoms with Crippen molar-refractivity contribution in [3.8, 4) is 11.5 Å². The van der Waals surface area contributed by atoms with Gasteiger partial charge in [-0.2, -0.15) is 0 Å². The number of pyridine rings is 1. The van der Waals surface area contributed by atoms with Crippen molar-refractivity contribution in [1.82, 2.24) is 23.8 Å². The summed E-state index contributed by atoms with van der Waals surface area (Å²) in [5, 5.41) is 0. The van der Waals surface area contributed by atoms with Crippen molar-refractivity contribution < 1.29 is 14.3 Å². The van der Waals surface area contributed by atoms with Gasteiger partial charge < -0.3 is 18.8 Å². The minimum Gasteiger partial charge on any atom is -0.454 e. The molecule has 0 aliphatic carbocycles. The highest BCUT2D eigenvalue weighted by Gasteiger charge is 2.23. The second-order valence-electron chi connectivity index (χ2n) is 8.35. The van der Waals surface area contributed by atoms with Crippen molar-refractivity contribution in [1.29, 1.82) is 0 Å². The van der Waals surface area contributed by atoms with Crippen LogP contribution in [0.3, 0.4) is 0 Å². The van der Waals surface area contributed by atoms with Gasteiger partial charge in [0.2, 0.25) is 12.7 Å². The fraction of sp³-hybridized carbons (Fsp3) is 0.292. The molecule has 2 aliphatic heterocycles. The van der Waals surface area contributed by atoms with Crippen molar-refractivity contribution in [2.24, 2.45) is 0 Å². The highest BCUT2D eigenvalue weighted by Crippen LogP contribution is 2.32. The second-order valence-corrected chi connectivity index (χ2v) is 8.35. The van der Waals surface area contributed by atoms with Gasteiger partial charge in [-0.15, -0.1) is 0 Å². The number of aromatic nitrogens is 3. The summed E-state index contributed by atoms with van der Waals surface area (Å²) in [4.78, 5) is 34.7. The van der Waals surface area contributed by atoms with E-state index in [1.54, 1.807) is 12.3 Å². The van der Waals surface area contributed by atoms with Gasteiger partial charge in [-0.1, -0.05) is 6.07 Å². The molecule has 0 N–H and O–H groups in total.